The lowest BCUT2D eigenvalue weighted by atomic mass is 9.90. The van der Waals surface area contributed by atoms with Crippen LogP contribution in [0.3, 0.4) is 0 Å². The molecule has 0 aliphatic carbocycles. The van der Waals surface area contributed by atoms with Gasteiger partial charge in [0.1, 0.15) is 0 Å². The van der Waals surface area contributed by atoms with Gasteiger partial charge in [0.15, 0.2) is 0 Å². The van der Waals surface area contributed by atoms with E-state index in [0.29, 0.717) is 6.04 Å². The van der Waals surface area contributed by atoms with Gasteiger partial charge in [0.2, 0.25) is 0 Å². The predicted octanol–water partition coefficient (Wildman–Crippen LogP) is 0.806. The first-order chi connectivity index (χ1) is 7.90. The van der Waals surface area contributed by atoms with E-state index < -0.39 is 0 Å². The van der Waals surface area contributed by atoms with E-state index in [9.17, 15) is 0 Å². The first-order valence-electron chi connectivity index (χ1n) is 6.34. The number of hydrogen-bond donors (Lipinski definition) is 1. The van der Waals surface area contributed by atoms with Gasteiger partial charge in [-0.25, -0.2) is 0 Å². The van der Waals surface area contributed by atoms with Crippen molar-refractivity contribution in [2.45, 2.75) is 31.4 Å². The summed E-state index contributed by atoms with van der Waals surface area (Å²) in [4.78, 5) is 0. The summed E-state index contributed by atoms with van der Waals surface area (Å²) >= 11 is 0. The lowest BCUT2D eigenvalue weighted by Crippen LogP contribution is -2.46. The summed E-state index contributed by atoms with van der Waals surface area (Å²) in [5.41, 5.74) is 0. The topological polar surface area (TPSA) is 39.7 Å². The van der Waals surface area contributed by atoms with E-state index in [1.165, 1.54) is 19.3 Å². The van der Waals surface area contributed by atoms with E-state index in [4.69, 9.17) is 14.2 Å². The highest BCUT2D eigenvalue weighted by atomic mass is 16.6. The van der Waals surface area contributed by atoms with Crippen molar-refractivity contribution in [2.75, 3.05) is 40.1 Å². The minimum Gasteiger partial charge on any atom is -0.381 e. The fourth-order valence-corrected chi connectivity index (χ4v) is 2.54. The van der Waals surface area contributed by atoms with Gasteiger partial charge in [-0.3, -0.25) is 0 Å². The van der Waals surface area contributed by atoms with Crippen molar-refractivity contribution in [1.29, 1.82) is 0 Å². The molecule has 0 aromatic rings. The Kier molecular flexibility index (Phi) is 5.03. The van der Waals surface area contributed by atoms with Crippen LogP contribution in [0.1, 0.15) is 19.3 Å². The fraction of sp³-hybridized carbons (Fsp3) is 1.00. The molecule has 2 heterocycles. The Bertz CT molecular complexity index is 189. The molecule has 2 atom stereocenters. The Balaban J connectivity index is 1.78. The number of nitrogens with one attached hydrogen (secondary N) is 1. The SMILES string of the molecule is CNC(CC1CCOCC1)C1COCCO1. The van der Waals surface area contributed by atoms with Crippen molar-refractivity contribution >= 4 is 0 Å². The molecular weight excluding hydrogens is 206 g/mol. The summed E-state index contributed by atoms with van der Waals surface area (Å²) in [5.74, 6) is 0.775. The first-order valence-corrected chi connectivity index (χ1v) is 6.34. The van der Waals surface area contributed by atoms with Crippen molar-refractivity contribution < 1.29 is 14.2 Å². The van der Waals surface area contributed by atoms with Crippen LogP contribution in [0, 0.1) is 5.92 Å². The van der Waals surface area contributed by atoms with Gasteiger partial charge in [0.25, 0.3) is 0 Å². The largest absolute Gasteiger partial charge is 0.381 e. The Morgan fingerprint density at radius 1 is 1.12 bits per heavy atom. The molecule has 94 valence electrons. The smallest absolute Gasteiger partial charge is 0.0962 e. The maximum atomic E-state index is 5.75. The van der Waals surface area contributed by atoms with E-state index in [1.807, 2.05) is 7.05 Å². The Labute approximate surface area is 97.6 Å². The summed E-state index contributed by atoms with van der Waals surface area (Å²) in [5, 5.41) is 3.37. The summed E-state index contributed by atoms with van der Waals surface area (Å²) in [6.07, 6.45) is 3.77. The van der Waals surface area contributed by atoms with Gasteiger partial charge in [0, 0.05) is 19.3 Å². The van der Waals surface area contributed by atoms with Crippen molar-refractivity contribution in [2.24, 2.45) is 5.92 Å². The van der Waals surface area contributed by atoms with Crippen LogP contribution in [0.25, 0.3) is 0 Å². The van der Waals surface area contributed by atoms with Crippen molar-refractivity contribution in [1.82, 2.24) is 5.32 Å². The lowest BCUT2D eigenvalue weighted by Gasteiger charge is -2.33. The molecule has 0 saturated carbocycles. The van der Waals surface area contributed by atoms with Crippen LogP contribution in [0.15, 0.2) is 0 Å². The predicted molar refractivity (Wildman–Crippen MR) is 61.6 cm³/mol. The minimum absolute atomic E-state index is 0.224. The molecule has 4 heteroatoms. The molecule has 2 rings (SSSR count). The maximum absolute atomic E-state index is 5.75. The van der Waals surface area contributed by atoms with E-state index in [2.05, 4.69) is 5.32 Å². The highest BCUT2D eigenvalue weighted by Gasteiger charge is 2.27. The first kappa shape index (κ1) is 12.3. The molecule has 0 bridgehead atoms. The Hall–Kier alpha value is -0.160. The average molecular weight is 229 g/mol. The molecule has 2 aliphatic heterocycles. The summed E-state index contributed by atoms with van der Waals surface area (Å²) in [7, 11) is 2.02. The third kappa shape index (κ3) is 3.42. The zero-order chi connectivity index (χ0) is 11.2. The van der Waals surface area contributed by atoms with Crippen LogP contribution < -0.4 is 5.32 Å². The van der Waals surface area contributed by atoms with Gasteiger partial charge < -0.3 is 19.5 Å². The molecule has 16 heavy (non-hydrogen) atoms. The third-order valence-electron chi connectivity index (χ3n) is 3.59. The maximum Gasteiger partial charge on any atom is 0.0962 e. The standard InChI is InChI=1S/C12H23NO3/c1-13-11(12-9-15-6-7-16-12)8-10-2-4-14-5-3-10/h10-13H,2-9H2,1H3. The van der Waals surface area contributed by atoms with Crippen molar-refractivity contribution in [3.05, 3.63) is 0 Å². The average Bonchev–Trinajstić information content (AvgIpc) is 2.38. The molecule has 2 saturated heterocycles. The molecule has 2 aliphatic rings. The van der Waals surface area contributed by atoms with Crippen LogP contribution in [0.4, 0.5) is 0 Å². The number of rotatable bonds is 4. The summed E-state index contributed by atoms with van der Waals surface area (Å²) in [6.45, 7) is 4.04. The normalized spacial score (nSPS) is 30.2. The van der Waals surface area contributed by atoms with Crippen LogP contribution >= 0.6 is 0 Å². The molecular formula is C12H23NO3. The van der Waals surface area contributed by atoms with Gasteiger partial charge >= 0.3 is 0 Å². The highest BCUT2D eigenvalue weighted by Crippen LogP contribution is 2.22. The molecule has 0 spiro atoms. The second-order valence-electron chi connectivity index (χ2n) is 4.67. The van der Waals surface area contributed by atoms with Gasteiger partial charge in [-0.05, 0) is 32.2 Å². The van der Waals surface area contributed by atoms with Gasteiger partial charge in [-0.1, -0.05) is 0 Å². The van der Waals surface area contributed by atoms with Gasteiger partial charge in [-0.2, -0.15) is 0 Å². The number of likely N-dealkylation sites (N-methyl/N-ethyl adjacent to an activating group) is 1. The Morgan fingerprint density at radius 3 is 2.56 bits per heavy atom. The molecule has 2 fully saturated rings. The molecule has 2 unspecified atom stereocenters. The van der Waals surface area contributed by atoms with E-state index in [-0.39, 0.29) is 6.10 Å². The van der Waals surface area contributed by atoms with Crippen LogP contribution in [-0.4, -0.2) is 52.2 Å². The molecule has 0 aromatic carbocycles. The zero-order valence-corrected chi connectivity index (χ0v) is 10.1. The van der Waals surface area contributed by atoms with E-state index in [1.54, 1.807) is 0 Å². The molecule has 0 amide bonds. The summed E-state index contributed by atoms with van der Waals surface area (Å²) < 4.78 is 16.6. The second-order valence-corrected chi connectivity index (χ2v) is 4.67. The molecule has 0 aromatic heterocycles. The van der Waals surface area contributed by atoms with Crippen molar-refractivity contribution in [3.8, 4) is 0 Å². The highest BCUT2D eigenvalue weighted by molar-refractivity contribution is 4.81. The molecule has 0 radical (unpaired) electrons. The lowest BCUT2D eigenvalue weighted by molar-refractivity contribution is -0.104. The van der Waals surface area contributed by atoms with Crippen LogP contribution in [0.2, 0.25) is 0 Å². The van der Waals surface area contributed by atoms with Gasteiger partial charge in [0.05, 0.1) is 25.9 Å². The second kappa shape index (κ2) is 6.55. The molecule has 4 nitrogen and oxygen atoms in total. The van der Waals surface area contributed by atoms with Crippen LogP contribution in [-0.2, 0) is 14.2 Å². The fourth-order valence-electron chi connectivity index (χ4n) is 2.54. The van der Waals surface area contributed by atoms with Crippen LogP contribution in [0.5, 0.6) is 0 Å². The zero-order valence-electron chi connectivity index (χ0n) is 10.1. The Morgan fingerprint density at radius 2 is 1.94 bits per heavy atom. The van der Waals surface area contributed by atoms with Crippen molar-refractivity contribution in [3.63, 3.8) is 0 Å². The van der Waals surface area contributed by atoms with E-state index >= 15 is 0 Å². The quantitative estimate of drug-likeness (QED) is 0.774. The number of ether oxygens (including phenoxy) is 3. The number of hydrogen-bond acceptors (Lipinski definition) is 4. The third-order valence-corrected chi connectivity index (χ3v) is 3.59. The minimum atomic E-state index is 0.224. The molecule has 1 N–H and O–H groups in total. The van der Waals surface area contributed by atoms with Gasteiger partial charge in [-0.15, -0.1) is 0 Å². The monoisotopic (exact) mass is 229 g/mol. The summed E-state index contributed by atoms with van der Waals surface area (Å²) in [6, 6.07) is 0.420. The van der Waals surface area contributed by atoms with E-state index in [0.717, 1.165) is 39.0 Å².